The molecule has 1 aliphatic rings. The van der Waals surface area contributed by atoms with Crippen LogP contribution in [-0.4, -0.2) is 34.7 Å². The van der Waals surface area contributed by atoms with Crippen molar-refractivity contribution in [3.05, 3.63) is 67.0 Å². The molecule has 4 aromatic rings. The van der Waals surface area contributed by atoms with E-state index >= 15 is 0 Å². The largest absolute Gasteiger partial charge is 0.494 e. The Kier molecular flexibility index (Phi) is 5.38. The fourth-order valence-electron chi connectivity index (χ4n) is 4.43. The quantitative estimate of drug-likeness (QED) is 0.331. The van der Waals surface area contributed by atoms with E-state index in [2.05, 4.69) is 44.7 Å². The molecule has 3 heterocycles. The number of nitrogen functional groups attached to an aromatic ring is 1. The summed E-state index contributed by atoms with van der Waals surface area (Å²) in [4.78, 5) is 11.5. The monoisotopic (exact) mass is 440 g/mol. The van der Waals surface area contributed by atoms with E-state index in [0.29, 0.717) is 17.4 Å². The molecule has 2 aromatic heterocycles. The molecule has 0 saturated carbocycles. The number of benzene rings is 2. The average Bonchev–Trinajstić information content (AvgIpc) is 3.17. The van der Waals surface area contributed by atoms with E-state index in [4.69, 9.17) is 15.5 Å². The molecule has 7 heteroatoms. The summed E-state index contributed by atoms with van der Waals surface area (Å²) < 4.78 is 7.79. The summed E-state index contributed by atoms with van der Waals surface area (Å²) >= 11 is 0. The third kappa shape index (κ3) is 3.98. The van der Waals surface area contributed by atoms with Crippen LogP contribution >= 0.6 is 0 Å². The Morgan fingerprint density at radius 1 is 1.12 bits per heavy atom. The van der Waals surface area contributed by atoms with Gasteiger partial charge in [-0.3, -0.25) is 0 Å². The molecule has 1 aliphatic heterocycles. The first-order chi connectivity index (χ1) is 16.0. The first kappa shape index (κ1) is 20.9. The number of nitrogens with zero attached hydrogens (tertiary/aromatic N) is 4. The number of aromatic nitrogens is 3. The Morgan fingerprint density at radius 2 is 1.91 bits per heavy atom. The summed E-state index contributed by atoms with van der Waals surface area (Å²) in [5.41, 5.74) is 13.2. The van der Waals surface area contributed by atoms with E-state index in [1.165, 1.54) is 5.57 Å². The smallest absolute Gasteiger partial charge is 0.227 e. The summed E-state index contributed by atoms with van der Waals surface area (Å²) in [7, 11) is 3.70. The van der Waals surface area contributed by atoms with E-state index in [1.54, 1.807) is 13.3 Å². The van der Waals surface area contributed by atoms with Crippen LogP contribution in [0.2, 0.25) is 0 Å². The molecule has 0 amide bonds. The van der Waals surface area contributed by atoms with Crippen LogP contribution in [0.4, 0.5) is 23.0 Å². The SMILES string of the molecule is C=C1CCN(c2cc(OC)c(Nc3nccc(-c4cn(C)c5ccccc45)n3)cc2N)CC1. The highest BCUT2D eigenvalue weighted by Gasteiger charge is 2.19. The van der Waals surface area contributed by atoms with Crippen LogP contribution in [0.3, 0.4) is 0 Å². The number of anilines is 4. The number of piperidine rings is 1. The number of hydrogen-bond acceptors (Lipinski definition) is 6. The molecule has 3 N–H and O–H groups in total. The molecule has 1 fully saturated rings. The minimum Gasteiger partial charge on any atom is -0.494 e. The molecule has 2 aromatic carbocycles. The normalized spacial score (nSPS) is 14.0. The van der Waals surface area contributed by atoms with Crippen LogP contribution < -0.4 is 20.7 Å². The Morgan fingerprint density at radius 3 is 2.70 bits per heavy atom. The van der Waals surface area contributed by atoms with Gasteiger partial charge in [0, 0.05) is 55.1 Å². The molecule has 1 saturated heterocycles. The highest BCUT2D eigenvalue weighted by molar-refractivity contribution is 5.95. The van der Waals surface area contributed by atoms with Gasteiger partial charge in [-0.25, -0.2) is 9.97 Å². The van der Waals surface area contributed by atoms with Crippen molar-refractivity contribution in [2.75, 3.05) is 36.1 Å². The molecule has 33 heavy (non-hydrogen) atoms. The third-order valence-corrected chi connectivity index (χ3v) is 6.23. The third-order valence-electron chi connectivity index (χ3n) is 6.23. The van der Waals surface area contributed by atoms with Crippen LogP contribution in [0.1, 0.15) is 12.8 Å². The van der Waals surface area contributed by atoms with Crippen LogP contribution in [0.5, 0.6) is 5.75 Å². The van der Waals surface area contributed by atoms with Crippen molar-refractivity contribution in [1.29, 1.82) is 0 Å². The van der Waals surface area contributed by atoms with Gasteiger partial charge in [0.1, 0.15) is 5.75 Å². The van der Waals surface area contributed by atoms with Gasteiger partial charge in [0.05, 0.1) is 29.9 Å². The summed E-state index contributed by atoms with van der Waals surface area (Å²) in [5, 5.41) is 4.45. The zero-order chi connectivity index (χ0) is 22.9. The van der Waals surface area contributed by atoms with Gasteiger partial charge in [-0.05, 0) is 31.0 Å². The molecule has 7 nitrogen and oxygen atoms in total. The topological polar surface area (TPSA) is 81.2 Å². The zero-order valence-corrected chi connectivity index (χ0v) is 19.0. The summed E-state index contributed by atoms with van der Waals surface area (Å²) in [6, 6.07) is 14.1. The maximum Gasteiger partial charge on any atom is 0.227 e. The number of rotatable bonds is 5. The molecule has 168 valence electrons. The second-order valence-corrected chi connectivity index (χ2v) is 8.41. The number of para-hydroxylation sites is 1. The highest BCUT2D eigenvalue weighted by Crippen LogP contribution is 2.38. The number of aryl methyl sites for hydroxylation is 1. The minimum absolute atomic E-state index is 0.486. The lowest BCUT2D eigenvalue weighted by molar-refractivity contribution is 0.416. The molecule has 0 spiro atoms. The van der Waals surface area contributed by atoms with Crippen molar-refractivity contribution < 1.29 is 4.74 Å². The lowest BCUT2D eigenvalue weighted by atomic mass is 10.0. The summed E-state index contributed by atoms with van der Waals surface area (Å²) in [6.07, 6.45) is 5.82. The first-order valence-electron chi connectivity index (χ1n) is 11.1. The number of nitrogens with two attached hydrogens (primary N) is 1. The van der Waals surface area contributed by atoms with Gasteiger partial charge >= 0.3 is 0 Å². The first-order valence-corrected chi connectivity index (χ1v) is 11.1. The van der Waals surface area contributed by atoms with Gasteiger partial charge in [0.2, 0.25) is 5.95 Å². The number of methoxy groups -OCH3 is 1. The maximum absolute atomic E-state index is 6.45. The van der Waals surface area contributed by atoms with E-state index in [-0.39, 0.29) is 0 Å². The maximum atomic E-state index is 6.45. The van der Waals surface area contributed by atoms with E-state index in [9.17, 15) is 0 Å². The number of nitrogens with one attached hydrogen (secondary N) is 1. The fourth-order valence-corrected chi connectivity index (χ4v) is 4.43. The van der Waals surface area contributed by atoms with Crippen molar-refractivity contribution in [1.82, 2.24) is 14.5 Å². The molecule has 0 radical (unpaired) electrons. The number of fused-ring (bicyclic) bond motifs is 1. The van der Waals surface area contributed by atoms with Gasteiger partial charge < -0.3 is 25.3 Å². The van der Waals surface area contributed by atoms with Crippen LogP contribution in [0.15, 0.2) is 67.0 Å². The van der Waals surface area contributed by atoms with E-state index in [0.717, 1.165) is 59.5 Å². The predicted molar refractivity (Wildman–Crippen MR) is 135 cm³/mol. The standard InChI is InChI=1S/C26H28N6O/c1-17-9-12-32(13-10-17)24-15-25(33-3)22(14-20(24)27)30-26-28-11-8-21(29-26)19-16-31(2)23-7-5-4-6-18(19)23/h4-8,11,14-16H,1,9-10,12-13,27H2,2-3H3,(H,28,29,30). The second-order valence-electron chi connectivity index (χ2n) is 8.41. The summed E-state index contributed by atoms with van der Waals surface area (Å²) in [6.45, 7) is 5.92. The van der Waals surface area contributed by atoms with Crippen molar-refractivity contribution in [3.8, 4) is 17.0 Å². The molecular formula is C26H28N6O. The molecule has 0 bridgehead atoms. The highest BCUT2D eigenvalue weighted by atomic mass is 16.5. The molecule has 5 rings (SSSR count). The average molecular weight is 441 g/mol. The zero-order valence-electron chi connectivity index (χ0n) is 19.0. The van der Waals surface area contributed by atoms with Crippen LogP contribution in [0, 0.1) is 0 Å². The van der Waals surface area contributed by atoms with Gasteiger partial charge in [0.25, 0.3) is 0 Å². The van der Waals surface area contributed by atoms with Crippen molar-refractivity contribution in [3.63, 3.8) is 0 Å². The van der Waals surface area contributed by atoms with E-state index in [1.807, 2.05) is 37.4 Å². The lowest BCUT2D eigenvalue weighted by Gasteiger charge is -2.31. The van der Waals surface area contributed by atoms with E-state index < -0.39 is 0 Å². The van der Waals surface area contributed by atoms with Crippen molar-refractivity contribution >= 4 is 33.9 Å². The van der Waals surface area contributed by atoms with Crippen molar-refractivity contribution in [2.45, 2.75) is 12.8 Å². The predicted octanol–water partition coefficient (Wildman–Crippen LogP) is 5.13. The minimum atomic E-state index is 0.486. The van der Waals surface area contributed by atoms with Gasteiger partial charge in [-0.2, -0.15) is 0 Å². The Hall–Kier alpha value is -4.00. The number of ether oxygens (including phenoxy) is 1. The lowest BCUT2D eigenvalue weighted by Crippen LogP contribution is -2.31. The second kappa shape index (κ2) is 8.50. The number of hydrogen-bond donors (Lipinski definition) is 2. The Labute approximate surface area is 193 Å². The Balaban J connectivity index is 1.46. The molecular weight excluding hydrogens is 412 g/mol. The van der Waals surface area contributed by atoms with Gasteiger partial charge in [-0.1, -0.05) is 30.4 Å². The van der Waals surface area contributed by atoms with Gasteiger partial charge in [0.15, 0.2) is 0 Å². The summed E-state index contributed by atoms with van der Waals surface area (Å²) in [5.74, 6) is 1.18. The molecule has 0 unspecified atom stereocenters. The Bertz CT molecular complexity index is 1330. The van der Waals surface area contributed by atoms with Crippen LogP contribution in [-0.2, 0) is 7.05 Å². The van der Waals surface area contributed by atoms with Crippen molar-refractivity contribution in [2.24, 2.45) is 7.05 Å². The molecule has 0 atom stereocenters. The molecule has 0 aliphatic carbocycles. The van der Waals surface area contributed by atoms with Crippen LogP contribution in [0.25, 0.3) is 22.2 Å². The fraction of sp³-hybridized carbons (Fsp3) is 0.231. The van der Waals surface area contributed by atoms with Gasteiger partial charge in [-0.15, -0.1) is 0 Å².